The van der Waals surface area contributed by atoms with Crippen molar-refractivity contribution in [3.8, 4) is 11.4 Å². The number of aromatic nitrogens is 4. The standard InChI is InChI=1S/C12H16N6O4S/c1-4-18-11(14-12(19)20)10(15-17-18)9-6-5-8(7(2)13-9)16-23(3,21)22/h5-6,14,16H,4H2,1-3H3,(H,19,20). The van der Waals surface area contributed by atoms with Crippen molar-refractivity contribution in [3.05, 3.63) is 17.8 Å². The summed E-state index contributed by atoms with van der Waals surface area (Å²) in [5.74, 6) is 0.204. The van der Waals surface area contributed by atoms with Crippen LogP contribution in [0.5, 0.6) is 0 Å². The molecule has 1 amide bonds. The summed E-state index contributed by atoms with van der Waals surface area (Å²) in [6.45, 7) is 3.85. The first kappa shape index (κ1) is 16.7. The fraction of sp³-hybridized carbons (Fsp3) is 0.333. The lowest BCUT2D eigenvalue weighted by Crippen LogP contribution is -2.13. The van der Waals surface area contributed by atoms with E-state index in [0.717, 1.165) is 6.26 Å². The highest BCUT2D eigenvalue weighted by molar-refractivity contribution is 7.92. The lowest BCUT2D eigenvalue weighted by molar-refractivity contribution is 0.209. The Morgan fingerprint density at radius 2 is 2.09 bits per heavy atom. The van der Waals surface area contributed by atoms with Crippen LogP contribution in [0.4, 0.5) is 16.3 Å². The number of nitrogens with zero attached hydrogens (tertiary/aromatic N) is 4. The van der Waals surface area contributed by atoms with Crippen LogP contribution in [-0.2, 0) is 16.6 Å². The second-order valence-corrected chi connectivity index (χ2v) is 6.48. The molecule has 124 valence electrons. The Morgan fingerprint density at radius 1 is 1.39 bits per heavy atom. The topological polar surface area (TPSA) is 139 Å². The highest BCUT2D eigenvalue weighted by Gasteiger charge is 2.18. The monoisotopic (exact) mass is 340 g/mol. The van der Waals surface area contributed by atoms with Crippen LogP contribution in [0.25, 0.3) is 11.4 Å². The number of aryl methyl sites for hydroxylation is 2. The number of hydrogen-bond donors (Lipinski definition) is 3. The normalized spacial score (nSPS) is 11.3. The molecule has 2 aromatic heterocycles. The zero-order chi connectivity index (χ0) is 17.2. The fourth-order valence-electron chi connectivity index (χ4n) is 1.93. The van der Waals surface area contributed by atoms with E-state index in [4.69, 9.17) is 5.11 Å². The van der Waals surface area contributed by atoms with Crippen LogP contribution in [0.15, 0.2) is 12.1 Å². The Kier molecular flexibility index (Phi) is 4.50. The number of carbonyl (C=O) groups is 1. The van der Waals surface area contributed by atoms with Crippen LogP contribution in [0.2, 0.25) is 0 Å². The van der Waals surface area contributed by atoms with Gasteiger partial charge in [0.05, 0.1) is 23.3 Å². The molecule has 0 bridgehead atoms. The van der Waals surface area contributed by atoms with Crippen LogP contribution in [0, 0.1) is 6.92 Å². The van der Waals surface area contributed by atoms with E-state index in [1.54, 1.807) is 13.8 Å². The third-order valence-corrected chi connectivity index (χ3v) is 3.47. The highest BCUT2D eigenvalue weighted by atomic mass is 32.2. The van der Waals surface area contributed by atoms with Crippen molar-refractivity contribution in [1.82, 2.24) is 20.0 Å². The largest absolute Gasteiger partial charge is 0.465 e. The molecule has 0 atom stereocenters. The van der Waals surface area contributed by atoms with Crippen LogP contribution >= 0.6 is 0 Å². The minimum atomic E-state index is -3.41. The molecule has 0 radical (unpaired) electrons. The summed E-state index contributed by atoms with van der Waals surface area (Å²) in [4.78, 5) is 15.2. The van der Waals surface area contributed by atoms with Gasteiger partial charge in [-0.2, -0.15) is 0 Å². The smallest absolute Gasteiger partial charge is 0.410 e. The fourth-order valence-corrected chi connectivity index (χ4v) is 2.55. The molecule has 0 saturated carbocycles. The third kappa shape index (κ3) is 3.94. The van der Waals surface area contributed by atoms with E-state index in [9.17, 15) is 13.2 Å². The van der Waals surface area contributed by atoms with E-state index in [1.165, 1.54) is 16.8 Å². The maximum atomic E-state index is 11.3. The maximum Gasteiger partial charge on any atom is 0.410 e. The summed E-state index contributed by atoms with van der Waals surface area (Å²) in [5, 5.41) is 19.0. The third-order valence-electron chi connectivity index (χ3n) is 2.88. The Hall–Kier alpha value is -2.69. The van der Waals surface area contributed by atoms with Crippen molar-refractivity contribution in [2.24, 2.45) is 0 Å². The van der Waals surface area contributed by atoms with E-state index >= 15 is 0 Å². The van der Waals surface area contributed by atoms with Gasteiger partial charge in [-0.1, -0.05) is 5.21 Å². The van der Waals surface area contributed by atoms with Crippen molar-refractivity contribution >= 4 is 27.6 Å². The quantitative estimate of drug-likeness (QED) is 0.741. The van der Waals surface area contributed by atoms with E-state index in [-0.39, 0.29) is 11.5 Å². The van der Waals surface area contributed by atoms with Crippen LogP contribution in [0.1, 0.15) is 12.6 Å². The van der Waals surface area contributed by atoms with Gasteiger partial charge in [0.15, 0.2) is 11.5 Å². The molecule has 2 rings (SSSR count). The van der Waals surface area contributed by atoms with Gasteiger partial charge in [-0.3, -0.25) is 10.0 Å². The SMILES string of the molecule is CCn1nnc(-c2ccc(NS(C)(=O)=O)c(C)n2)c1NC(=O)O. The second kappa shape index (κ2) is 6.20. The van der Waals surface area contributed by atoms with Crippen LogP contribution < -0.4 is 10.0 Å². The summed E-state index contributed by atoms with van der Waals surface area (Å²) in [5.41, 5.74) is 1.42. The maximum absolute atomic E-state index is 11.3. The van der Waals surface area contributed by atoms with Gasteiger partial charge in [0, 0.05) is 6.54 Å². The second-order valence-electron chi connectivity index (χ2n) is 4.74. The molecule has 0 unspecified atom stereocenters. The number of sulfonamides is 1. The van der Waals surface area contributed by atoms with Crippen molar-refractivity contribution in [1.29, 1.82) is 0 Å². The first-order chi connectivity index (χ1) is 10.7. The minimum Gasteiger partial charge on any atom is -0.465 e. The van der Waals surface area contributed by atoms with Crippen LogP contribution in [-0.4, -0.2) is 45.9 Å². The molecule has 0 saturated heterocycles. The highest BCUT2D eigenvalue weighted by Crippen LogP contribution is 2.26. The number of pyridine rings is 1. The van der Waals surface area contributed by atoms with Gasteiger partial charge < -0.3 is 5.11 Å². The van der Waals surface area contributed by atoms with Crippen LogP contribution in [0.3, 0.4) is 0 Å². The van der Waals surface area contributed by atoms with Gasteiger partial charge in [-0.05, 0) is 26.0 Å². The number of carboxylic acid groups (broad SMARTS) is 1. The van der Waals surface area contributed by atoms with Gasteiger partial charge in [0.1, 0.15) is 0 Å². The molecule has 3 N–H and O–H groups in total. The summed E-state index contributed by atoms with van der Waals surface area (Å²) in [6.07, 6.45) is -0.197. The van der Waals surface area contributed by atoms with Gasteiger partial charge in [0.2, 0.25) is 10.0 Å². The zero-order valence-corrected chi connectivity index (χ0v) is 13.5. The summed E-state index contributed by atoms with van der Waals surface area (Å²) in [6, 6.07) is 3.08. The lowest BCUT2D eigenvalue weighted by Gasteiger charge is -2.09. The lowest BCUT2D eigenvalue weighted by atomic mass is 10.2. The predicted octanol–water partition coefficient (Wildman–Crippen LogP) is 1.13. The Labute approximate surface area is 132 Å². The van der Waals surface area contributed by atoms with E-state index < -0.39 is 16.1 Å². The van der Waals surface area contributed by atoms with Crippen molar-refractivity contribution < 1.29 is 18.3 Å². The Bertz CT molecular complexity index is 845. The van der Waals surface area contributed by atoms with Gasteiger partial charge >= 0.3 is 6.09 Å². The molecular formula is C12H16N6O4S. The molecule has 0 fully saturated rings. The van der Waals surface area contributed by atoms with E-state index in [1.807, 2.05) is 0 Å². The Balaban J connectivity index is 2.45. The average Bonchev–Trinajstić information content (AvgIpc) is 2.81. The first-order valence-corrected chi connectivity index (χ1v) is 8.49. The molecule has 0 aromatic carbocycles. The predicted molar refractivity (Wildman–Crippen MR) is 83.8 cm³/mol. The van der Waals surface area contributed by atoms with Gasteiger partial charge in [-0.15, -0.1) is 5.10 Å². The molecule has 0 spiro atoms. The molecule has 11 heteroatoms. The molecule has 23 heavy (non-hydrogen) atoms. The average molecular weight is 340 g/mol. The number of anilines is 2. The van der Waals surface area contributed by atoms with Gasteiger partial charge in [-0.25, -0.2) is 22.9 Å². The summed E-state index contributed by atoms with van der Waals surface area (Å²) < 4.78 is 26.3. The minimum absolute atomic E-state index is 0.204. The van der Waals surface area contributed by atoms with Crippen molar-refractivity contribution in [2.75, 3.05) is 16.3 Å². The van der Waals surface area contributed by atoms with E-state index in [2.05, 4.69) is 25.3 Å². The van der Waals surface area contributed by atoms with Gasteiger partial charge in [0.25, 0.3) is 0 Å². The summed E-state index contributed by atoms with van der Waals surface area (Å²) >= 11 is 0. The van der Waals surface area contributed by atoms with Crippen molar-refractivity contribution in [3.63, 3.8) is 0 Å². The summed E-state index contributed by atoms with van der Waals surface area (Å²) in [7, 11) is -3.41. The molecule has 2 heterocycles. The number of rotatable bonds is 5. The molecule has 0 aliphatic rings. The number of amides is 1. The Morgan fingerprint density at radius 3 is 2.61 bits per heavy atom. The molecule has 2 aromatic rings. The van der Waals surface area contributed by atoms with E-state index in [0.29, 0.717) is 23.6 Å². The van der Waals surface area contributed by atoms with Crippen molar-refractivity contribution in [2.45, 2.75) is 20.4 Å². The number of hydrogen-bond acceptors (Lipinski definition) is 6. The zero-order valence-electron chi connectivity index (χ0n) is 12.7. The molecule has 10 nitrogen and oxygen atoms in total. The number of nitrogens with one attached hydrogen (secondary N) is 2. The molecular weight excluding hydrogens is 324 g/mol. The first-order valence-electron chi connectivity index (χ1n) is 6.60. The molecule has 0 aliphatic carbocycles. The molecule has 0 aliphatic heterocycles.